The second-order valence-electron chi connectivity index (χ2n) is 6.16. The van der Waals surface area contributed by atoms with Gasteiger partial charge in [0, 0.05) is 0 Å². The largest absolute Gasteiger partial charge is 0.466 e. The molecule has 0 aliphatic carbocycles. The third-order valence-corrected chi connectivity index (χ3v) is 3.73. The molecule has 0 aliphatic rings. The molecule has 0 unspecified atom stereocenters. The molecule has 1 aromatic rings. The van der Waals surface area contributed by atoms with E-state index in [9.17, 15) is 4.79 Å². The number of benzene rings is 1. The Kier molecular flexibility index (Phi) is 18.3. The molecule has 1 rings (SSSR count). The Morgan fingerprint density at radius 3 is 1.53 bits per heavy atom. The van der Waals surface area contributed by atoms with Gasteiger partial charge in [0.05, 0.1) is 92.3 Å². The Labute approximate surface area is 179 Å². The van der Waals surface area contributed by atoms with Gasteiger partial charge >= 0.3 is 5.97 Å². The van der Waals surface area contributed by atoms with Crippen molar-refractivity contribution in [2.45, 2.75) is 20.0 Å². The summed E-state index contributed by atoms with van der Waals surface area (Å²) in [6, 6.07) is 10.1. The van der Waals surface area contributed by atoms with Crippen molar-refractivity contribution < 1.29 is 38.0 Å². The fourth-order valence-electron chi connectivity index (χ4n) is 2.25. The molecule has 0 heterocycles. The van der Waals surface area contributed by atoms with Crippen LogP contribution in [0.15, 0.2) is 30.3 Å². The molecule has 0 radical (unpaired) electrons. The highest BCUT2D eigenvalue weighted by molar-refractivity contribution is 5.69. The van der Waals surface area contributed by atoms with Crippen molar-refractivity contribution in [1.82, 2.24) is 0 Å². The Bertz CT molecular complexity index is 497. The maximum absolute atomic E-state index is 11.1. The standard InChI is InChI=1S/C22H36O8/c1-2-30-22(23)8-9-24-10-11-25-12-13-26-14-15-27-16-17-28-18-19-29-20-21-6-4-3-5-7-21/h3-7H,2,8-20H2,1H3. The SMILES string of the molecule is CCOC(=O)CCOCCOCCOCCOCCOCCOCc1ccccc1. The Morgan fingerprint density at radius 2 is 1.07 bits per heavy atom. The summed E-state index contributed by atoms with van der Waals surface area (Å²) >= 11 is 0. The summed E-state index contributed by atoms with van der Waals surface area (Å²) < 4.78 is 37.3. The topological polar surface area (TPSA) is 81.7 Å². The summed E-state index contributed by atoms with van der Waals surface area (Å²) in [5.41, 5.74) is 1.16. The summed E-state index contributed by atoms with van der Waals surface area (Å²) in [5, 5.41) is 0. The molecular weight excluding hydrogens is 392 g/mol. The van der Waals surface area contributed by atoms with Crippen LogP contribution in [-0.4, -0.2) is 85.3 Å². The average molecular weight is 429 g/mol. The number of ether oxygens (including phenoxy) is 7. The number of carbonyl (C=O) groups excluding carboxylic acids is 1. The lowest BCUT2D eigenvalue weighted by Gasteiger charge is -2.08. The van der Waals surface area contributed by atoms with Crippen LogP contribution in [0.4, 0.5) is 0 Å². The van der Waals surface area contributed by atoms with Crippen LogP contribution in [0, 0.1) is 0 Å². The minimum atomic E-state index is -0.242. The Hall–Kier alpha value is -1.55. The Balaban J connectivity index is 1.68. The number of carbonyl (C=O) groups is 1. The summed E-state index contributed by atoms with van der Waals surface area (Å²) in [5.74, 6) is -0.242. The molecule has 0 fully saturated rings. The molecule has 0 bridgehead atoms. The molecule has 0 aromatic heterocycles. The van der Waals surface area contributed by atoms with Gasteiger partial charge in [-0.05, 0) is 12.5 Å². The summed E-state index contributed by atoms with van der Waals surface area (Å²) in [6.07, 6.45) is 0.268. The van der Waals surface area contributed by atoms with Crippen LogP contribution in [0.2, 0.25) is 0 Å². The monoisotopic (exact) mass is 428 g/mol. The molecule has 0 spiro atoms. The van der Waals surface area contributed by atoms with Crippen LogP contribution >= 0.6 is 0 Å². The van der Waals surface area contributed by atoms with Gasteiger partial charge in [-0.2, -0.15) is 0 Å². The lowest BCUT2D eigenvalue weighted by Crippen LogP contribution is -2.14. The van der Waals surface area contributed by atoms with E-state index in [1.165, 1.54) is 0 Å². The summed E-state index contributed by atoms with van der Waals surface area (Å²) in [7, 11) is 0. The second-order valence-corrected chi connectivity index (χ2v) is 6.16. The van der Waals surface area contributed by atoms with Gasteiger partial charge in [0.2, 0.25) is 0 Å². The van der Waals surface area contributed by atoms with E-state index < -0.39 is 0 Å². The van der Waals surface area contributed by atoms with Crippen molar-refractivity contribution in [1.29, 1.82) is 0 Å². The van der Waals surface area contributed by atoms with Crippen LogP contribution in [0.25, 0.3) is 0 Å². The summed E-state index contributed by atoms with van der Waals surface area (Å²) in [6.45, 7) is 8.24. The van der Waals surface area contributed by atoms with E-state index in [0.29, 0.717) is 85.9 Å². The highest BCUT2D eigenvalue weighted by Gasteiger charge is 2.00. The van der Waals surface area contributed by atoms with Gasteiger partial charge < -0.3 is 33.2 Å². The zero-order valence-electron chi connectivity index (χ0n) is 18.1. The van der Waals surface area contributed by atoms with Crippen LogP contribution < -0.4 is 0 Å². The minimum Gasteiger partial charge on any atom is -0.466 e. The van der Waals surface area contributed by atoms with E-state index in [4.69, 9.17) is 33.2 Å². The lowest BCUT2D eigenvalue weighted by atomic mass is 10.2. The first-order chi connectivity index (χ1) is 14.8. The molecule has 8 nitrogen and oxygen atoms in total. The number of rotatable bonds is 21. The van der Waals surface area contributed by atoms with Crippen molar-refractivity contribution >= 4 is 5.97 Å². The average Bonchev–Trinajstić information content (AvgIpc) is 2.76. The van der Waals surface area contributed by atoms with Crippen molar-refractivity contribution in [3.8, 4) is 0 Å². The number of hydrogen-bond donors (Lipinski definition) is 0. The smallest absolute Gasteiger partial charge is 0.308 e. The van der Waals surface area contributed by atoms with Crippen LogP contribution in [0.5, 0.6) is 0 Å². The van der Waals surface area contributed by atoms with Crippen molar-refractivity contribution in [2.75, 3.05) is 79.3 Å². The van der Waals surface area contributed by atoms with Crippen molar-refractivity contribution in [2.24, 2.45) is 0 Å². The lowest BCUT2D eigenvalue weighted by molar-refractivity contribution is -0.144. The van der Waals surface area contributed by atoms with Crippen molar-refractivity contribution in [3.05, 3.63) is 35.9 Å². The first kappa shape index (κ1) is 26.5. The zero-order valence-corrected chi connectivity index (χ0v) is 18.1. The van der Waals surface area contributed by atoms with Gasteiger partial charge in [0.25, 0.3) is 0 Å². The third-order valence-electron chi connectivity index (χ3n) is 3.73. The van der Waals surface area contributed by atoms with Gasteiger partial charge in [0.15, 0.2) is 0 Å². The molecule has 0 saturated heterocycles. The molecule has 0 atom stereocenters. The van der Waals surface area contributed by atoms with E-state index >= 15 is 0 Å². The maximum Gasteiger partial charge on any atom is 0.308 e. The maximum atomic E-state index is 11.1. The van der Waals surface area contributed by atoms with Crippen molar-refractivity contribution in [3.63, 3.8) is 0 Å². The van der Waals surface area contributed by atoms with Crippen LogP contribution in [0.1, 0.15) is 18.9 Å². The molecule has 0 amide bonds. The van der Waals surface area contributed by atoms with E-state index in [2.05, 4.69) is 0 Å². The van der Waals surface area contributed by atoms with Gasteiger partial charge in [-0.25, -0.2) is 0 Å². The third kappa shape index (κ3) is 17.3. The van der Waals surface area contributed by atoms with Gasteiger partial charge in [0.1, 0.15) is 0 Å². The number of esters is 1. The molecule has 1 aromatic carbocycles. The van der Waals surface area contributed by atoms with Gasteiger partial charge in [-0.3, -0.25) is 4.79 Å². The quantitative estimate of drug-likeness (QED) is 0.218. The predicted molar refractivity (Wildman–Crippen MR) is 111 cm³/mol. The highest BCUT2D eigenvalue weighted by Crippen LogP contribution is 1.99. The summed E-state index contributed by atoms with van der Waals surface area (Å²) in [4.78, 5) is 11.1. The molecule has 30 heavy (non-hydrogen) atoms. The second kappa shape index (κ2) is 20.7. The van der Waals surface area contributed by atoms with E-state index in [-0.39, 0.29) is 12.4 Å². The van der Waals surface area contributed by atoms with Crippen LogP contribution in [0.3, 0.4) is 0 Å². The first-order valence-electron chi connectivity index (χ1n) is 10.5. The molecule has 0 N–H and O–H groups in total. The van der Waals surface area contributed by atoms with Crippen LogP contribution in [-0.2, 0) is 44.6 Å². The van der Waals surface area contributed by atoms with Gasteiger partial charge in [-0.15, -0.1) is 0 Å². The first-order valence-corrected chi connectivity index (χ1v) is 10.5. The molecule has 172 valence electrons. The molecule has 0 aliphatic heterocycles. The van der Waals surface area contributed by atoms with E-state index in [0.717, 1.165) is 5.56 Å². The van der Waals surface area contributed by atoms with E-state index in [1.54, 1.807) is 6.92 Å². The molecular formula is C22H36O8. The highest BCUT2D eigenvalue weighted by atomic mass is 16.6. The van der Waals surface area contributed by atoms with E-state index in [1.807, 2.05) is 30.3 Å². The fraction of sp³-hybridized carbons (Fsp3) is 0.682. The zero-order chi connectivity index (χ0) is 21.5. The predicted octanol–water partition coefficient (Wildman–Crippen LogP) is 2.24. The number of hydrogen-bond acceptors (Lipinski definition) is 8. The normalized spacial score (nSPS) is 11.0. The van der Waals surface area contributed by atoms with Gasteiger partial charge in [-0.1, -0.05) is 30.3 Å². The minimum absolute atomic E-state index is 0.242. The molecule has 8 heteroatoms. The molecule has 0 saturated carbocycles. The Morgan fingerprint density at radius 1 is 0.633 bits per heavy atom. The fourth-order valence-corrected chi connectivity index (χ4v) is 2.25.